The molecule has 1 fully saturated rings. The Morgan fingerprint density at radius 2 is 1.59 bits per heavy atom. The Kier molecular flexibility index (Phi) is 8.13. The van der Waals surface area contributed by atoms with Gasteiger partial charge in [0, 0.05) is 30.2 Å². The number of hydrogen-bond acceptors (Lipinski definition) is 6. The van der Waals surface area contributed by atoms with E-state index in [4.69, 9.17) is 0 Å². The summed E-state index contributed by atoms with van der Waals surface area (Å²) in [7, 11) is -3.65. The quantitative estimate of drug-likeness (QED) is 0.250. The van der Waals surface area contributed by atoms with Gasteiger partial charge in [0.05, 0.1) is 19.4 Å². The average Bonchev–Trinajstić information content (AvgIpc) is 3.44. The molecule has 2 N–H and O–H groups in total. The number of fused-ring (bicyclic) bond motifs is 2. The van der Waals surface area contributed by atoms with Crippen LogP contribution < -0.4 is 10.6 Å². The number of nitrogens with one attached hydrogen (secondary N) is 2. The number of carbonyl (C=O) groups is 1. The highest BCUT2D eigenvalue weighted by Crippen LogP contribution is 2.39. The highest BCUT2D eigenvalue weighted by atomic mass is 32.2. The van der Waals surface area contributed by atoms with Crippen molar-refractivity contribution in [2.24, 2.45) is 0 Å². The molecule has 2 aliphatic rings. The van der Waals surface area contributed by atoms with Crippen LogP contribution in [0.1, 0.15) is 85.0 Å². The zero-order chi connectivity index (χ0) is 28.3. The second-order valence-electron chi connectivity index (χ2n) is 11.6. The average molecular weight is 588 g/mol. The summed E-state index contributed by atoms with van der Waals surface area (Å²) in [5.74, 6) is -0.155. The smallest absolute Gasteiger partial charge is 0.261 e. The lowest BCUT2D eigenvalue weighted by Crippen LogP contribution is -2.42. The van der Waals surface area contributed by atoms with Gasteiger partial charge in [-0.15, -0.1) is 11.3 Å². The molecule has 1 aliphatic heterocycles. The molecule has 4 aromatic rings. The first kappa shape index (κ1) is 27.9. The zero-order valence-electron chi connectivity index (χ0n) is 23.3. The highest BCUT2D eigenvalue weighted by molar-refractivity contribution is 7.91. The molecule has 41 heavy (non-hydrogen) atoms. The van der Waals surface area contributed by atoms with Crippen molar-refractivity contribution in [3.8, 4) is 0 Å². The predicted molar refractivity (Wildman–Crippen MR) is 165 cm³/mol. The van der Waals surface area contributed by atoms with Crippen LogP contribution in [0.2, 0.25) is 0 Å². The van der Waals surface area contributed by atoms with Crippen molar-refractivity contribution in [3.05, 3.63) is 83.0 Å². The van der Waals surface area contributed by atoms with Crippen LogP contribution in [0.4, 0.5) is 5.69 Å². The summed E-state index contributed by atoms with van der Waals surface area (Å²) in [6.45, 7) is 0.317. The molecule has 1 amide bonds. The van der Waals surface area contributed by atoms with Crippen molar-refractivity contribution >= 4 is 42.9 Å². The zero-order valence-corrected chi connectivity index (χ0v) is 25.0. The van der Waals surface area contributed by atoms with Crippen molar-refractivity contribution in [2.45, 2.75) is 92.5 Å². The van der Waals surface area contributed by atoms with Crippen LogP contribution in [0.25, 0.3) is 10.1 Å². The molecule has 8 heteroatoms. The molecule has 6 nitrogen and oxygen atoms in total. The number of anilines is 1. The fourth-order valence-electron chi connectivity index (χ4n) is 6.29. The van der Waals surface area contributed by atoms with Crippen molar-refractivity contribution in [3.63, 3.8) is 0 Å². The SMILES string of the molecule is O=C(NCc1ccc(S(=O)(=O)c2ccc3c(c2)CCC2(CCCCCCCCC2)N3)cc1)c1cc2ccncc2s1. The van der Waals surface area contributed by atoms with Crippen LogP contribution in [0.3, 0.4) is 0 Å². The molecule has 0 unspecified atom stereocenters. The molecular weight excluding hydrogens is 551 g/mol. The Morgan fingerprint density at radius 1 is 0.878 bits per heavy atom. The van der Waals surface area contributed by atoms with Gasteiger partial charge in [0.2, 0.25) is 9.84 Å². The maximum Gasteiger partial charge on any atom is 0.261 e. The van der Waals surface area contributed by atoms with Gasteiger partial charge >= 0.3 is 0 Å². The van der Waals surface area contributed by atoms with E-state index in [1.807, 2.05) is 24.3 Å². The summed E-state index contributed by atoms with van der Waals surface area (Å²) < 4.78 is 28.0. The first-order valence-electron chi connectivity index (χ1n) is 14.8. The van der Waals surface area contributed by atoms with E-state index in [1.54, 1.807) is 42.7 Å². The van der Waals surface area contributed by atoms with Crippen molar-refractivity contribution in [1.82, 2.24) is 10.3 Å². The van der Waals surface area contributed by atoms with E-state index in [9.17, 15) is 13.2 Å². The number of nitrogens with zero attached hydrogens (tertiary/aromatic N) is 1. The van der Waals surface area contributed by atoms with Crippen LogP contribution in [-0.4, -0.2) is 24.8 Å². The van der Waals surface area contributed by atoms with E-state index >= 15 is 0 Å². The monoisotopic (exact) mass is 587 g/mol. The number of sulfone groups is 1. The topological polar surface area (TPSA) is 88.2 Å². The van der Waals surface area contributed by atoms with Gasteiger partial charge in [-0.05, 0) is 84.7 Å². The van der Waals surface area contributed by atoms with E-state index in [2.05, 4.69) is 15.6 Å². The van der Waals surface area contributed by atoms with E-state index < -0.39 is 9.84 Å². The number of aromatic nitrogens is 1. The summed E-state index contributed by atoms with van der Waals surface area (Å²) in [6.07, 6.45) is 17.0. The summed E-state index contributed by atoms with van der Waals surface area (Å²) in [6, 6.07) is 16.1. The largest absolute Gasteiger partial charge is 0.379 e. The lowest BCUT2D eigenvalue weighted by molar-refractivity contribution is 0.0955. The summed E-state index contributed by atoms with van der Waals surface area (Å²) >= 11 is 1.40. The van der Waals surface area contributed by atoms with E-state index in [-0.39, 0.29) is 16.3 Å². The molecule has 2 aromatic carbocycles. The van der Waals surface area contributed by atoms with E-state index in [0.717, 1.165) is 39.7 Å². The van der Waals surface area contributed by atoms with Gasteiger partial charge in [-0.25, -0.2) is 8.42 Å². The summed E-state index contributed by atoms with van der Waals surface area (Å²) in [4.78, 5) is 18.0. The van der Waals surface area contributed by atoms with Crippen LogP contribution in [-0.2, 0) is 22.8 Å². The molecule has 1 saturated carbocycles. The Bertz CT molecular complexity index is 1600. The molecule has 0 radical (unpaired) electrons. The summed E-state index contributed by atoms with van der Waals surface area (Å²) in [5.41, 5.74) is 3.16. The Hall–Kier alpha value is -3.23. The number of pyridine rings is 1. The lowest BCUT2D eigenvalue weighted by Gasteiger charge is -2.41. The van der Waals surface area contributed by atoms with Crippen LogP contribution in [0.5, 0.6) is 0 Å². The number of thiophene rings is 1. The third-order valence-corrected chi connectivity index (χ3v) is 11.6. The number of benzene rings is 2. The molecular formula is C33H37N3O3S2. The molecule has 2 aromatic heterocycles. The second kappa shape index (κ2) is 11.9. The van der Waals surface area contributed by atoms with Gasteiger partial charge < -0.3 is 10.6 Å². The summed E-state index contributed by atoms with van der Waals surface area (Å²) in [5, 5.41) is 7.79. The minimum atomic E-state index is -3.65. The van der Waals surface area contributed by atoms with Crippen LogP contribution >= 0.6 is 11.3 Å². The van der Waals surface area contributed by atoms with Gasteiger partial charge in [-0.2, -0.15) is 0 Å². The number of aryl methyl sites for hydroxylation is 1. The first-order chi connectivity index (χ1) is 19.9. The molecule has 0 atom stereocenters. The Morgan fingerprint density at radius 3 is 2.32 bits per heavy atom. The predicted octanol–water partition coefficient (Wildman–Crippen LogP) is 7.68. The molecule has 0 saturated heterocycles. The van der Waals surface area contributed by atoms with E-state index in [1.165, 1.54) is 69.1 Å². The van der Waals surface area contributed by atoms with Crippen LogP contribution in [0, 0.1) is 0 Å². The van der Waals surface area contributed by atoms with Crippen LogP contribution in [0.15, 0.2) is 76.8 Å². The van der Waals surface area contributed by atoms with Gasteiger partial charge in [-0.3, -0.25) is 9.78 Å². The van der Waals surface area contributed by atoms with E-state index in [0.29, 0.717) is 16.3 Å². The number of rotatable bonds is 5. The molecule has 3 heterocycles. The number of hydrogen-bond donors (Lipinski definition) is 2. The Labute approximate surface area is 246 Å². The molecule has 0 bridgehead atoms. The lowest BCUT2D eigenvalue weighted by atomic mass is 9.78. The Balaban J connectivity index is 1.11. The van der Waals surface area contributed by atoms with Gasteiger partial charge in [0.1, 0.15) is 0 Å². The third-order valence-electron chi connectivity index (χ3n) is 8.70. The minimum Gasteiger partial charge on any atom is -0.379 e. The molecule has 1 spiro atoms. The van der Waals surface area contributed by atoms with Crippen molar-refractivity contribution < 1.29 is 13.2 Å². The fraction of sp³-hybridized carbons (Fsp3) is 0.394. The standard InChI is InChI=1S/C33H37N3O3S2/c37-32(30-21-26-15-19-34-23-31(26)40-30)35-22-24-8-10-27(11-9-24)41(38,39)28-12-13-29-25(20-28)14-18-33(36-29)16-6-4-2-1-3-5-7-17-33/h8-13,15,19-21,23,36H,1-7,14,16-18,22H2,(H,35,37). The molecule has 214 valence electrons. The minimum absolute atomic E-state index is 0.143. The second-order valence-corrected chi connectivity index (χ2v) is 14.6. The first-order valence-corrected chi connectivity index (χ1v) is 17.1. The normalized spacial score (nSPS) is 17.5. The fourth-order valence-corrected chi connectivity index (χ4v) is 8.54. The maximum atomic E-state index is 13.5. The van der Waals surface area contributed by atoms with Gasteiger partial charge in [0.25, 0.3) is 5.91 Å². The van der Waals surface area contributed by atoms with Gasteiger partial charge in [0.15, 0.2) is 0 Å². The molecule has 6 rings (SSSR count). The van der Waals surface area contributed by atoms with Crippen molar-refractivity contribution in [1.29, 1.82) is 0 Å². The van der Waals surface area contributed by atoms with Crippen molar-refractivity contribution in [2.75, 3.05) is 5.32 Å². The number of carbonyl (C=O) groups excluding carboxylic acids is 1. The van der Waals surface area contributed by atoms with Gasteiger partial charge in [-0.1, -0.05) is 57.1 Å². The highest BCUT2D eigenvalue weighted by Gasteiger charge is 2.33. The third kappa shape index (κ3) is 6.19. The maximum absolute atomic E-state index is 13.5. The number of amides is 1. The molecule has 1 aliphatic carbocycles.